The van der Waals surface area contributed by atoms with Gasteiger partial charge in [0.1, 0.15) is 5.76 Å². The number of aryl methyl sites for hydroxylation is 2. The van der Waals surface area contributed by atoms with Gasteiger partial charge in [-0.2, -0.15) is 16.4 Å². The van der Waals surface area contributed by atoms with Crippen LogP contribution in [0.1, 0.15) is 23.9 Å². The van der Waals surface area contributed by atoms with Crippen molar-refractivity contribution in [2.24, 2.45) is 0 Å². The van der Waals surface area contributed by atoms with Gasteiger partial charge >= 0.3 is 0 Å². The number of nitrogens with zero attached hydrogens (tertiary/aromatic N) is 3. The maximum absolute atomic E-state index is 5.75. The Balaban J connectivity index is 1.59. The number of nitrogens with one attached hydrogen (secondary N) is 1. The van der Waals surface area contributed by atoms with Gasteiger partial charge in [-0.15, -0.1) is 0 Å². The molecule has 0 amide bonds. The van der Waals surface area contributed by atoms with Gasteiger partial charge in [-0.3, -0.25) is 4.68 Å². The van der Waals surface area contributed by atoms with Crippen LogP contribution >= 0.6 is 11.3 Å². The second-order valence-electron chi connectivity index (χ2n) is 5.56. The molecule has 0 fully saturated rings. The third-order valence-corrected chi connectivity index (χ3v) is 4.19. The van der Waals surface area contributed by atoms with E-state index in [4.69, 9.17) is 4.42 Å². The van der Waals surface area contributed by atoms with Crippen LogP contribution in [0.4, 0.5) is 0 Å². The normalized spacial score (nSPS) is 12.7. The number of hydrogen-bond acceptors (Lipinski definition) is 5. The summed E-state index contributed by atoms with van der Waals surface area (Å²) in [5.41, 5.74) is 3.18. The Kier molecular flexibility index (Phi) is 4.40. The molecule has 6 heteroatoms. The Morgan fingerprint density at radius 2 is 2.27 bits per heavy atom. The number of hydrogen-bond donors (Lipinski definition) is 1. The Labute approximate surface area is 134 Å². The van der Waals surface area contributed by atoms with Crippen molar-refractivity contribution in [2.45, 2.75) is 39.9 Å². The molecule has 0 saturated carbocycles. The van der Waals surface area contributed by atoms with E-state index in [1.54, 1.807) is 11.3 Å². The van der Waals surface area contributed by atoms with Crippen LogP contribution in [0.3, 0.4) is 0 Å². The number of thiophene rings is 1. The van der Waals surface area contributed by atoms with Gasteiger partial charge < -0.3 is 9.73 Å². The predicted molar refractivity (Wildman–Crippen MR) is 87.8 cm³/mol. The predicted octanol–water partition coefficient (Wildman–Crippen LogP) is 3.39. The largest absolute Gasteiger partial charge is 0.441 e. The van der Waals surface area contributed by atoms with Crippen molar-refractivity contribution < 1.29 is 4.42 Å². The second-order valence-corrected chi connectivity index (χ2v) is 6.34. The van der Waals surface area contributed by atoms with Gasteiger partial charge in [-0.05, 0) is 37.8 Å². The maximum atomic E-state index is 5.75. The van der Waals surface area contributed by atoms with Crippen LogP contribution in [-0.2, 0) is 13.1 Å². The number of aromatic nitrogens is 3. The molecule has 0 aliphatic carbocycles. The Morgan fingerprint density at radius 3 is 2.95 bits per heavy atom. The van der Waals surface area contributed by atoms with Gasteiger partial charge in [-0.25, -0.2) is 4.98 Å². The van der Waals surface area contributed by atoms with E-state index in [1.165, 1.54) is 5.56 Å². The number of oxazole rings is 1. The highest BCUT2D eigenvalue weighted by Gasteiger charge is 2.12. The summed E-state index contributed by atoms with van der Waals surface area (Å²) in [4.78, 5) is 4.59. The Hall–Kier alpha value is -1.92. The zero-order chi connectivity index (χ0) is 15.5. The average molecular weight is 316 g/mol. The van der Waals surface area contributed by atoms with Crippen molar-refractivity contribution in [1.29, 1.82) is 0 Å². The first-order chi connectivity index (χ1) is 10.6. The zero-order valence-corrected chi connectivity index (χ0v) is 13.9. The molecule has 0 radical (unpaired) electrons. The molecule has 3 rings (SSSR count). The minimum absolute atomic E-state index is 0.306. The molecule has 116 valence electrons. The summed E-state index contributed by atoms with van der Waals surface area (Å²) in [7, 11) is 0. The van der Waals surface area contributed by atoms with Crippen molar-refractivity contribution in [2.75, 3.05) is 0 Å². The van der Waals surface area contributed by atoms with E-state index in [1.807, 2.05) is 47.7 Å². The summed E-state index contributed by atoms with van der Waals surface area (Å²) in [6.07, 6.45) is 3.93. The summed E-state index contributed by atoms with van der Waals surface area (Å²) in [5.74, 6) is 1.57. The molecule has 3 heterocycles. The second kappa shape index (κ2) is 6.46. The van der Waals surface area contributed by atoms with Crippen molar-refractivity contribution >= 4 is 11.3 Å². The maximum Gasteiger partial charge on any atom is 0.227 e. The summed E-state index contributed by atoms with van der Waals surface area (Å²) >= 11 is 1.65. The van der Waals surface area contributed by atoms with Gasteiger partial charge in [0.05, 0.1) is 18.4 Å². The third kappa shape index (κ3) is 3.45. The van der Waals surface area contributed by atoms with Crippen LogP contribution in [0.5, 0.6) is 0 Å². The molecule has 3 aromatic rings. The van der Waals surface area contributed by atoms with Crippen LogP contribution in [0, 0.1) is 13.8 Å². The highest BCUT2D eigenvalue weighted by atomic mass is 32.1. The third-order valence-electron chi connectivity index (χ3n) is 3.50. The lowest BCUT2D eigenvalue weighted by Gasteiger charge is -2.12. The standard InChI is InChI=1S/C16H20N4OS/c1-11-6-18-20(8-11)9-12(2)17-7-15-13(3)21-16(19-15)14-4-5-22-10-14/h4-6,8,10,12,17H,7,9H2,1-3H3/t12-/m1/s1. The molecule has 0 spiro atoms. The van der Waals surface area contributed by atoms with E-state index in [0.29, 0.717) is 18.5 Å². The van der Waals surface area contributed by atoms with Crippen molar-refractivity contribution in [3.05, 3.63) is 46.2 Å². The van der Waals surface area contributed by atoms with E-state index < -0.39 is 0 Å². The average Bonchev–Trinajstić information content (AvgIpc) is 3.18. The summed E-state index contributed by atoms with van der Waals surface area (Å²) in [6, 6.07) is 2.33. The molecule has 1 N–H and O–H groups in total. The van der Waals surface area contributed by atoms with Gasteiger partial charge in [0.2, 0.25) is 5.89 Å². The molecule has 0 aliphatic heterocycles. The Morgan fingerprint density at radius 1 is 1.41 bits per heavy atom. The lowest BCUT2D eigenvalue weighted by Crippen LogP contribution is -2.30. The SMILES string of the molecule is Cc1cnn(C[C@@H](C)NCc2nc(-c3ccsc3)oc2C)c1. The van der Waals surface area contributed by atoms with Crippen molar-refractivity contribution in [3.63, 3.8) is 0 Å². The zero-order valence-electron chi connectivity index (χ0n) is 13.0. The van der Waals surface area contributed by atoms with Crippen LogP contribution < -0.4 is 5.32 Å². The first-order valence-electron chi connectivity index (χ1n) is 7.33. The van der Waals surface area contributed by atoms with Crippen LogP contribution in [-0.4, -0.2) is 20.8 Å². The van der Waals surface area contributed by atoms with E-state index in [2.05, 4.69) is 22.3 Å². The van der Waals surface area contributed by atoms with E-state index in [-0.39, 0.29) is 0 Å². The fourth-order valence-corrected chi connectivity index (χ4v) is 2.91. The van der Waals surface area contributed by atoms with E-state index >= 15 is 0 Å². The molecule has 0 aromatic carbocycles. The van der Waals surface area contributed by atoms with Crippen molar-refractivity contribution in [3.8, 4) is 11.5 Å². The highest BCUT2D eigenvalue weighted by Crippen LogP contribution is 2.23. The first-order valence-corrected chi connectivity index (χ1v) is 8.27. The fraction of sp³-hybridized carbons (Fsp3) is 0.375. The summed E-state index contributed by atoms with van der Waals surface area (Å²) in [6.45, 7) is 7.68. The molecule has 3 aromatic heterocycles. The molecule has 22 heavy (non-hydrogen) atoms. The molecule has 0 aliphatic rings. The van der Waals surface area contributed by atoms with Crippen LogP contribution in [0.25, 0.3) is 11.5 Å². The van der Waals surface area contributed by atoms with Crippen LogP contribution in [0.2, 0.25) is 0 Å². The van der Waals surface area contributed by atoms with Gasteiger partial charge in [0.25, 0.3) is 0 Å². The minimum atomic E-state index is 0.306. The molecule has 0 unspecified atom stereocenters. The summed E-state index contributed by atoms with van der Waals surface area (Å²) in [5, 5.41) is 11.9. The van der Waals surface area contributed by atoms with Gasteiger partial charge in [0, 0.05) is 29.7 Å². The molecular weight excluding hydrogens is 296 g/mol. The highest BCUT2D eigenvalue weighted by molar-refractivity contribution is 7.08. The summed E-state index contributed by atoms with van der Waals surface area (Å²) < 4.78 is 7.71. The smallest absolute Gasteiger partial charge is 0.227 e. The number of rotatable bonds is 6. The Bertz CT molecular complexity index is 729. The van der Waals surface area contributed by atoms with Crippen molar-refractivity contribution in [1.82, 2.24) is 20.1 Å². The first kappa shape index (κ1) is 15.0. The fourth-order valence-electron chi connectivity index (χ4n) is 2.28. The molecule has 0 saturated heterocycles. The van der Waals surface area contributed by atoms with E-state index in [9.17, 15) is 0 Å². The van der Waals surface area contributed by atoms with Gasteiger partial charge in [0.15, 0.2) is 0 Å². The lowest BCUT2D eigenvalue weighted by molar-refractivity contribution is 0.446. The monoisotopic (exact) mass is 316 g/mol. The molecule has 1 atom stereocenters. The quantitative estimate of drug-likeness (QED) is 0.757. The molecule has 5 nitrogen and oxygen atoms in total. The minimum Gasteiger partial charge on any atom is -0.441 e. The van der Waals surface area contributed by atoms with Gasteiger partial charge in [-0.1, -0.05) is 0 Å². The lowest BCUT2D eigenvalue weighted by atomic mass is 10.3. The van der Waals surface area contributed by atoms with Crippen LogP contribution in [0.15, 0.2) is 33.6 Å². The topological polar surface area (TPSA) is 55.9 Å². The molecule has 0 bridgehead atoms. The van der Waals surface area contributed by atoms with E-state index in [0.717, 1.165) is 23.6 Å². The molecular formula is C16H20N4OS.